The number of amides is 1. The number of nitrogens with zero attached hydrogens (tertiary/aromatic N) is 2. The summed E-state index contributed by atoms with van der Waals surface area (Å²) in [4.78, 5) is 39.8. The first-order valence-corrected chi connectivity index (χ1v) is 9.03. The molecule has 0 saturated carbocycles. The number of hydrogen-bond acceptors (Lipinski definition) is 7. The zero-order valence-electron chi connectivity index (χ0n) is 14.7. The molecular formula is C17H17N5O4S. The molecule has 0 aliphatic rings. The molecule has 9 nitrogen and oxygen atoms in total. The SMILES string of the molecule is Cc1cccc(NC(=O)CSc2nnc(Cc3c(C)[nH]c(=O)[nH]c3=O)o2)c1. The van der Waals surface area contributed by atoms with Gasteiger partial charge >= 0.3 is 5.69 Å². The van der Waals surface area contributed by atoms with Crippen molar-refractivity contribution in [1.82, 2.24) is 20.2 Å². The van der Waals surface area contributed by atoms with Crippen LogP contribution >= 0.6 is 11.8 Å². The highest BCUT2D eigenvalue weighted by molar-refractivity contribution is 7.99. The normalized spacial score (nSPS) is 10.7. The second-order valence-electron chi connectivity index (χ2n) is 5.86. The Bertz CT molecular complexity index is 1090. The molecule has 2 heterocycles. The molecule has 1 amide bonds. The maximum atomic E-state index is 12.0. The van der Waals surface area contributed by atoms with Crippen molar-refractivity contribution in [2.24, 2.45) is 0 Å². The molecule has 3 aromatic rings. The minimum atomic E-state index is -0.567. The summed E-state index contributed by atoms with van der Waals surface area (Å²) in [6.45, 7) is 3.56. The van der Waals surface area contributed by atoms with Gasteiger partial charge in [0, 0.05) is 16.9 Å². The molecule has 0 radical (unpaired) electrons. The van der Waals surface area contributed by atoms with Crippen LogP contribution in [0.5, 0.6) is 0 Å². The Morgan fingerprint density at radius 3 is 2.78 bits per heavy atom. The molecule has 0 saturated heterocycles. The molecule has 3 rings (SSSR count). The van der Waals surface area contributed by atoms with Gasteiger partial charge in [-0.1, -0.05) is 23.9 Å². The van der Waals surface area contributed by atoms with E-state index in [9.17, 15) is 14.4 Å². The van der Waals surface area contributed by atoms with E-state index in [2.05, 4.69) is 25.5 Å². The molecule has 0 unspecified atom stereocenters. The van der Waals surface area contributed by atoms with E-state index in [0.29, 0.717) is 11.3 Å². The van der Waals surface area contributed by atoms with Crippen LogP contribution in [0.1, 0.15) is 22.7 Å². The first kappa shape index (κ1) is 18.6. The fourth-order valence-electron chi connectivity index (χ4n) is 2.41. The predicted molar refractivity (Wildman–Crippen MR) is 100 cm³/mol. The van der Waals surface area contributed by atoms with Crippen LogP contribution in [0.25, 0.3) is 0 Å². The van der Waals surface area contributed by atoms with E-state index in [4.69, 9.17) is 4.42 Å². The highest BCUT2D eigenvalue weighted by atomic mass is 32.2. The largest absolute Gasteiger partial charge is 0.416 e. The van der Waals surface area contributed by atoms with Gasteiger partial charge < -0.3 is 14.7 Å². The summed E-state index contributed by atoms with van der Waals surface area (Å²) < 4.78 is 5.46. The number of nitrogens with one attached hydrogen (secondary N) is 3. The van der Waals surface area contributed by atoms with Crippen LogP contribution < -0.4 is 16.6 Å². The molecule has 3 N–H and O–H groups in total. The lowest BCUT2D eigenvalue weighted by atomic mass is 10.2. The predicted octanol–water partition coefficient (Wildman–Crippen LogP) is 1.38. The maximum Gasteiger partial charge on any atom is 0.325 e. The Labute approximate surface area is 157 Å². The molecule has 10 heteroatoms. The van der Waals surface area contributed by atoms with Crippen LogP contribution in [0, 0.1) is 13.8 Å². The number of anilines is 1. The average molecular weight is 387 g/mol. The van der Waals surface area contributed by atoms with Crippen LogP contribution in [0.2, 0.25) is 0 Å². The monoisotopic (exact) mass is 387 g/mol. The van der Waals surface area contributed by atoms with Crippen molar-refractivity contribution in [2.75, 3.05) is 11.1 Å². The Morgan fingerprint density at radius 1 is 1.22 bits per heavy atom. The number of thioether (sulfide) groups is 1. The number of hydrogen-bond donors (Lipinski definition) is 3. The van der Waals surface area contributed by atoms with Gasteiger partial charge in [0.15, 0.2) is 0 Å². The van der Waals surface area contributed by atoms with Gasteiger partial charge in [-0.15, -0.1) is 10.2 Å². The van der Waals surface area contributed by atoms with Crippen molar-refractivity contribution in [1.29, 1.82) is 0 Å². The summed E-state index contributed by atoms with van der Waals surface area (Å²) in [5.41, 5.74) is 1.48. The minimum Gasteiger partial charge on any atom is -0.416 e. The number of aromatic amines is 2. The lowest BCUT2D eigenvalue weighted by Crippen LogP contribution is -2.27. The van der Waals surface area contributed by atoms with E-state index < -0.39 is 11.2 Å². The Morgan fingerprint density at radius 2 is 2.04 bits per heavy atom. The van der Waals surface area contributed by atoms with Gasteiger partial charge in [-0.3, -0.25) is 14.6 Å². The highest BCUT2D eigenvalue weighted by Crippen LogP contribution is 2.18. The number of aromatic nitrogens is 4. The summed E-state index contributed by atoms with van der Waals surface area (Å²) in [7, 11) is 0. The fourth-order valence-corrected chi connectivity index (χ4v) is 2.99. The molecule has 2 aromatic heterocycles. The van der Waals surface area contributed by atoms with Crippen LogP contribution in [-0.2, 0) is 11.2 Å². The number of benzene rings is 1. The molecular weight excluding hydrogens is 370 g/mol. The highest BCUT2D eigenvalue weighted by Gasteiger charge is 2.14. The van der Waals surface area contributed by atoms with Crippen molar-refractivity contribution in [3.05, 3.63) is 67.8 Å². The quantitative estimate of drug-likeness (QED) is 0.544. The second kappa shape index (κ2) is 8.04. The number of H-pyrrole nitrogens is 2. The van der Waals surface area contributed by atoms with Gasteiger partial charge in [-0.25, -0.2) is 4.79 Å². The number of rotatable bonds is 6. The number of carbonyl (C=O) groups excluding carboxylic acids is 1. The van der Waals surface area contributed by atoms with E-state index in [1.165, 1.54) is 0 Å². The van der Waals surface area contributed by atoms with E-state index in [1.807, 2.05) is 31.2 Å². The van der Waals surface area contributed by atoms with Crippen LogP contribution in [0.4, 0.5) is 5.69 Å². The topological polar surface area (TPSA) is 134 Å². The Kier molecular flexibility index (Phi) is 5.55. The molecule has 27 heavy (non-hydrogen) atoms. The van der Waals surface area contributed by atoms with Crippen molar-refractivity contribution in [3.63, 3.8) is 0 Å². The van der Waals surface area contributed by atoms with E-state index in [1.54, 1.807) is 6.92 Å². The van der Waals surface area contributed by atoms with Crippen LogP contribution in [0.3, 0.4) is 0 Å². The first-order chi connectivity index (χ1) is 12.9. The molecule has 140 valence electrons. The molecule has 0 spiro atoms. The van der Waals surface area contributed by atoms with Crippen molar-refractivity contribution in [2.45, 2.75) is 25.5 Å². The maximum absolute atomic E-state index is 12.0. The first-order valence-electron chi connectivity index (χ1n) is 8.04. The zero-order valence-corrected chi connectivity index (χ0v) is 15.5. The smallest absolute Gasteiger partial charge is 0.325 e. The summed E-state index contributed by atoms with van der Waals surface area (Å²) in [6.07, 6.45) is 0.0843. The van der Waals surface area contributed by atoms with Crippen LogP contribution in [0.15, 0.2) is 43.5 Å². The molecule has 0 aliphatic heterocycles. The van der Waals surface area contributed by atoms with Crippen LogP contribution in [-0.4, -0.2) is 31.8 Å². The van der Waals surface area contributed by atoms with E-state index >= 15 is 0 Å². The molecule has 0 fully saturated rings. The fraction of sp³-hybridized carbons (Fsp3) is 0.235. The number of carbonyl (C=O) groups is 1. The minimum absolute atomic E-state index is 0.0843. The molecule has 0 atom stereocenters. The summed E-state index contributed by atoms with van der Waals surface area (Å²) in [5, 5.41) is 10.8. The van der Waals surface area contributed by atoms with Gasteiger partial charge in [-0.2, -0.15) is 0 Å². The van der Waals surface area contributed by atoms with Crippen molar-refractivity contribution in [3.8, 4) is 0 Å². The molecule has 0 aliphatic carbocycles. The molecule has 1 aromatic carbocycles. The second-order valence-corrected chi connectivity index (χ2v) is 6.78. The van der Waals surface area contributed by atoms with Crippen molar-refractivity contribution >= 4 is 23.4 Å². The van der Waals surface area contributed by atoms with Gasteiger partial charge in [0.25, 0.3) is 10.8 Å². The third-order valence-corrected chi connectivity index (χ3v) is 4.48. The third kappa shape index (κ3) is 4.94. The number of aryl methyl sites for hydroxylation is 2. The Hall–Kier alpha value is -3.14. The summed E-state index contributed by atoms with van der Waals surface area (Å²) >= 11 is 1.10. The van der Waals surface area contributed by atoms with E-state index in [-0.39, 0.29) is 29.2 Å². The Balaban J connectivity index is 1.59. The molecule has 0 bridgehead atoms. The lowest BCUT2D eigenvalue weighted by Gasteiger charge is -2.04. The van der Waals surface area contributed by atoms with E-state index in [0.717, 1.165) is 23.0 Å². The third-order valence-electron chi connectivity index (χ3n) is 3.66. The lowest BCUT2D eigenvalue weighted by molar-refractivity contribution is -0.113. The standard InChI is InChI=1S/C17H17N5O4S/c1-9-4-3-5-11(6-9)19-13(23)8-27-17-22-21-14(26-17)7-12-10(2)18-16(25)20-15(12)24/h3-6H,7-8H2,1-2H3,(H,19,23)(H2,18,20,24,25). The summed E-state index contributed by atoms with van der Waals surface area (Å²) in [6, 6.07) is 7.49. The summed E-state index contributed by atoms with van der Waals surface area (Å²) in [5.74, 6) is 0.129. The van der Waals surface area contributed by atoms with Gasteiger partial charge in [-0.05, 0) is 31.5 Å². The van der Waals surface area contributed by atoms with Gasteiger partial charge in [0.05, 0.1) is 12.2 Å². The zero-order chi connectivity index (χ0) is 19.4. The van der Waals surface area contributed by atoms with Crippen molar-refractivity contribution < 1.29 is 9.21 Å². The van der Waals surface area contributed by atoms with Gasteiger partial charge in [0.2, 0.25) is 11.8 Å². The average Bonchev–Trinajstić information content (AvgIpc) is 3.04. The van der Waals surface area contributed by atoms with Gasteiger partial charge in [0.1, 0.15) is 0 Å².